The lowest BCUT2D eigenvalue weighted by Gasteiger charge is -2.26. The van der Waals surface area contributed by atoms with Crippen molar-refractivity contribution in [3.05, 3.63) is 12.7 Å². The Bertz CT molecular complexity index is 175. The average molecular weight is 251 g/mol. The highest BCUT2D eigenvalue weighted by Gasteiger charge is 2.10. The molecule has 0 radical (unpaired) electrons. The van der Waals surface area contributed by atoms with Crippen LogP contribution in [-0.2, 0) is 4.79 Å². The molecule has 0 saturated carbocycles. The summed E-state index contributed by atoms with van der Waals surface area (Å²) in [6.07, 6.45) is 1.34. The van der Waals surface area contributed by atoms with E-state index in [9.17, 15) is 4.79 Å². The molecule has 13 heavy (non-hydrogen) atoms. The van der Waals surface area contributed by atoms with Gasteiger partial charge in [-0.25, -0.2) is 0 Å². The molecule has 1 amide bonds. The van der Waals surface area contributed by atoms with E-state index < -0.39 is 0 Å². The van der Waals surface area contributed by atoms with Gasteiger partial charge in [-0.05, 0) is 6.08 Å². The third-order valence-electron chi connectivity index (χ3n) is 1.66. The molecule has 0 rings (SSSR count). The summed E-state index contributed by atoms with van der Waals surface area (Å²) in [6.45, 7) is 5.16. The van der Waals surface area contributed by atoms with Gasteiger partial charge in [0.05, 0.1) is 34.2 Å². The van der Waals surface area contributed by atoms with Crippen molar-refractivity contribution < 1.29 is 26.3 Å². The topological polar surface area (TPSA) is 20.3 Å². The number of carbonyl (C=O) groups excluding carboxylic acids is 1. The SMILES string of the molecule is C=CC(=O)N(C)CC[N+](C)(C)C.[Br-]. The van der Waals surface area contributed by atoms with Crippen molar-refractivity contribution in [1.82, 2.24) is 4.90 Å². The second kappa shape index (κ2) is 6.16. The van der Waals surface area contributed by atoms with Crippen LogP contribution in [0.15, 0.2) is 12.7 Å². The lowest BCUT2D eigenvalue weighted by atomic mass is 10.4. The van der Waals surface area contributed by atoms with E-state index >= 15 is 0 Å². The predicted octanol–water partition coefficient (Wildman–Crippen LogP) is -2.66. The number of hydrogen-bond acceptors (Lipinski definition) is 1. The van der Waals surface area contributed by atoms with Crippen LogP contribution in [0, 0.1) is 0 Å². The molecular formula is C9H19BrN2O. The normalized spacial score (nSPS) is 10.2. The van der Waals surface area contributed by atoms with Crippen LogP contribution in [-0.4, -0.2) is 56.6 Å². The molecule has 0 aliphatic carbocycles. The fourth-order valence-corrected chi connectivity index (χ4v) is 0.716. The highest BCUT2D eigenvalue weighted by Crippen LogP contribution is 1.92. The molecule has 0 N–H and O–H groups in total. The van der Waals surface area contributed by atoms with Crippen molar-refractivity contribution in [2.75, 3.05) is 41.3 Å². The van der Waals surface area contributed by atoms with E-state index in [0.29, 0.717) is 0 Å². The summed E-state index contributed by atoms with van der Waals surface area (Å²) < 4.78 is 0.870. The van der Waals surface area contributed by atoms with Crippen LogP contribution in [0.2, 0.25) is 0 Å². The van der Waals surface area contributed by atoms with E-state index in [4.69, 9.17) is 0 Å². The molecule has 0 heterocycles. The third-order valence-corrected chi connectivity index (χ3v) is 1.66. The molecule has 4 heteroatoms. The summed E-state index contributed by atoms with van der Waals surface area (Å²) >= 11 is 0. The first kappa shape index (κ1) is 15.1. The van der Waals surface area contributed by atoms with Gasteiger partial charge in [0.25, 0.3) is 0 Å². The highest BCUT2D eigenvalue weighted by molar-refractivity contribution is 5.86. The molecule has 0 atom stereocenters. The third kappa shape index (κ3) is 7.99. The van der Waals surface area contributed by atoms with Gasteiger partial charge in [-0.1, -0.05) is 6.58 Å². The van der Waals surface area contributed by atoms with Crippen LogP contribution in [0.4, 0.5) is 0 Å². The standard InChI is InChI=1S/C9H19N2O.BrH/c1-6-9(12)10(2)7-8-11(3,4)5;/h6H,1,7-8H2,2-5H3;1H/q+1;/p-1. The minimum atomic E-state index is -0.0107. The number of quaternary nitrogens is 1. The minimum Gasteiger partial charge on any atom is -1.00 e. The molecule has 0 aromatic heterocycles. The molecule has 0 unspecified atom stereocenters. The van der Waals surface area contributed by atoms with Crippen LogP contribution in [0.25, 0.3) is 0 Å². The molecule has 0 aliphatic heterocycles. The molecule has 0 bridgehead atoms. The summed E-state index contributed by atoms with van der Waals surface area (Å²) in [5.74, 6) is -0.0107. The number of carbonyl (C=O) groups is 1. The number of halogens is 1. The van der Waals surface area contributed by atoms with E-state index in [1.165, 1.54) is 6.08 Å². The Morgan fingerprint density at radius 3 is 2.23 bits per heavy atom. The quantitative estimate of drug-likeness (QED) is 0.394. The van der Waals surface area contributed by atoms with Gasteiger partial charge in [-0.15, -0.1) is 0 Å². The predicted molar refractivity (Wildman–Crippen MR) is 50.7 cm³/mol. The number of likely N-dealkylation sites (N-methyl/N-ethyl adjacent to an activating group) is 2. The fraction of sp³-hybridized carbons (Fsp3) is 0.667. The van der Waals surface area contributed by atoms with Gasteiger partial charge in [-0.3, -0.25) is 4.79 Å². The molecule has 0 saturated heterocycles. The Kier molecular flexibility index (Phi) is 7.17. The molecular weight excluding hydrogens is 232 g/mol. The zero-order valence-electron chi connectivity index (χ0n) is 8.88. The summed E-state index contributed by atoms with van der Waals surface area (Å²) in [5, 5.41) is 0. The molecule has 0 aliphatic rings. The van der Waals surface area contributed by atoms with E-state index in [2.05, 4.69) is 27.7 Å². The second-order valence-electron chi connectivity index (χ2n) is 3.98. The highest BCUT2D eigenvalue weighted by atomic mass is 79.9. The van der Waals surface area contributed by atoms with Crippen molar-refractivity contribution in [3.8, 4) is 0 Å². The summed E-state index contributed by atoms with van der Waals surface area (Å²) in [6, 6.07) is 0. The minimum absolute atomic E-state index is 0. The maximum Gasteiger partial charge on any atom is 0.245 e. The van der Waals surface area contributed by atoms with E-state index in [1.807, 2.05) is 0 Å². The Morgan fingerprint density at radius 1 is 1.46 bits per heavy atom. The Hall–Kier alpha value is -0.350. The van der Waals surface area contributed by atoms with E-state index in [1.54, 1.807) is 11.9 Å². The first-order valence-electron chi connectivity index (χ1n) is 4.05. The van der Waals surface area contributed by atoms with E-state index in [-0.39, 0.29) is 22.9 Å². The van der Waals surface area contributed by atoms with E-state index in [0.717, 1.165) is 17.6 Å². The molecule has 78 valence electrons. The smallest absolute Gasteiger partial charge is 0.245 e. The van der Waals surface area contributed by atoms with Gasteiger partial charge >= 0.3 is 0 Å². The van der Waals surface area contributed by atoms with Gasteiger partial charge in [0, 0.05) is 7.05 Å². The van der Waals surface area contributed by atoms with Crippen molar-refractivity contribution in [3.63, 3.8) is 0 Å². The van der Waals surface area contributed by atoms with Gasteiger partial charge < -0.3 is 26.4 Å². The Labute approximate surface area is 91.4 Å². The van der Waals surface area contributed by atoms with Crippen LogP contribution >= 0.6 is 0 Å². The van der Waals surface area contributed by atoms with Crippen molar-refractivity contribution >= 4 is 5.91 Å². The Balaban J connectivity index is 0. The molecule has 0 aromatic carbocycles. The monoisotopic (exact) mass is 250 g/mol. The zero-order valence-corrected chi connectivity index (χ0v) is 10.5. The number of amides is 1. The first-order valence-corrected chi connectivity index (χ1v) is 4.05. The summed E-state index contributed by atoms with van der Waals surface area (Å²) in [4.78, 5) is 12.7. The number of nitrogens with zero attached hydrogens (tertiary/aromatic N) is 2. The second-order valence-corrected chi connectivity index (χ2v) is 3.98. The van der Waals surface area contributed by atoms with Crippen molar-refractivity contribution in [2.45, 2.75) is 0 Å². The summed E-state index contributed by atoms with van der Waals surface area (Å²) in [5.41, 5.74) is 0. The van der Waals surface area contributed by atoms with Gasteiger partial charge in [0.15, 0.2) is 0 Å². The number of hydrogen-bond donors (Lipinski definition) is 0. The maximum absolute atomic E-state index is 11.0. The van der Waals surface area contributed by atoms with Crippen LogP contribution in [0.1, 0.15) is 0 Å². The molecule has 3 nitrogen and oxygen atoms in total. The lowest BCUT2D eigenvalue weighted by molar-refractivity contribution is -0.869. The van der Waals surface area contributed by atoms with Gasteiger partial charge in [-0.2, -0.15) is 0 Å². The molecule has 0 spiro atoms. The largest absolute Gasteiger partial charge is 1.00 e. The number of rotatable bonds is 4. The lowest BCUT2D eigenvalue weighted by Crippen LogP contribution is -3.00. The zero-order chi connectivity index (χ0) is 9.78. The maximum atomic E-state index is 11.0. The van der Waals surface area contributed by atoms with Gasteiger partial charge in [0.1, 0.15) is 0 Å². The van der Waals surface area contributed by atoms with Crippen LogP contribution in [0.3, 0.4) is 0 Å². The first-order chi connectivity index (χ1) is 5.37. The summed E-state index contributed by atoms with van der Waals surface area (Å²) in [7, 11) is 8.10. The van der Waals surface area contributed by atoms with Crippen LogP contribution < -0.4 is 17.0 Å². The fourth-order valence-electron chi connectivity index (χ4n) is 0.716. The van der Waals surface area contributed by atoms with Crippen LogP contribution in [0.5, 0.6) is 0 Å². The Morgan fingerprint density at radius 2 is 1.92 bits per heavy atom. The van der Waals surface area contributed by atoms with Crippen molar-refractivity contribution in [1.29, 1.82) is 0 Å². The van der Waals surface area contributed by atoms with Crippen molar-refractivity contribution in [2.24, 2.45) is 0 Å². The molecule has 0 fully saturated rings. The molecule has 0 aromatic rings. The average Bonchev–Trinajstić information content (AvgIpc) is 1.97. The van der Waals surface area contributed by atoms with Gasteiger partial charge in [0.2, 0.25) is 5.91 Å².